The van der Waals surface area contributed by atoms with Gasteiger partial charge in [0.1, 0.15) is 17.1 Å². The van der Waals surface area contributed by atoms with Crippen molar-refractivity contribution in [2.24, 2.45) is 0 Å². The molecule has 1 amide bonds. The van der Waals surface area contributed by atoms with Crippen molar-refractivity contribution in [3.63, 3.8) is 0 Å². The monoisotopic (exact) mass is 666 g/mol. The Bertz CT molecular complexity index is 2110. The number of H-pyrrole nitrogens is 1. The molecule has 0 unspecified atom stereocenters. The number of pyridine rings is 1. The molecule has 1 saturated heterocycles. The number of benzene rings is 3. The SMILES string of the molecule is O=C(NS(=O)(=O)c1cccc([N+](=O)[O-])c1)c1ccc(N2CCN([C@H]3CCCCc4ccccc43)CC2)cc1Oc1cnc2[nH]ccc2c1. The van der Waals surface area contributed by atoms with Gasteiger partial charge in [0, 0.05) is 67.7 Å². The van der Waals surface area contributed by atoms with E-state index in [-0.39, 0.29) is 11.3 Å². The van der Waals surface area contributed by atoms with Crippen molar-refractivity contribution in [2.75, 3.05) is 31.1 Å². The molecule has 3 heterocycles. The van der Waals surface area contributed by atoms with Crippen LogP contribution in [0.5, 0.6) is 11.5 Å². The van der Waals surface area contributed by atoms with Crippen LogP contribution in [0, 0.1) is 10.1 Å². The molecule has 48 heavy (non-hydrogen) atoms. The highest BCUT2D eigenvalue weighted by Crippen LogP contribution is 2.36. The van der Waals surface area contributed by atoms with Crippen molar-refractivity contribution in [1.82, 2.24) is 19.6 Å². The highest BCUT2D eigenvalue weighted by atomic mass is 32.2. The highest BCUT2D eigenvalue weighted by molar-refractivity contribution is 7.90. The first-order valence-electron chi connectivity index (χ1n) is 15.9. The molecular formula is C35H34N6O6S. The molecule has 246 valence electrons. The number of aryl methyl sites for hydroxylation is 1. The standard InChI is InChI=1S/C35H34N6O6S/c42-35(38-48(45,46)29-9-5-8-27(21-29)41(43)44)31-13-12-26(22-33(31)47-28-20-25-14-15-36-34(25)37-23-28)39-16-18-40(19-17-39)32-11-4-2-7-24-6-1-3-10-30(24)32/h1,3,5-6,8-10,12-15,20-23,32H,2,4,7,11,16-19H2,(H,36,37)(H,38,42)/t32-/m0/s1. The van der Waals surface area contributed by atoms with E-state index in [0.29, 0.717) is 17.4 Å². The molecule has 0 saturated carbocycles. The number of fused-ring (bicyclic) bond motifs is 2. The van der Waals surface area contributed by atoms with Crippen LogP contribution in [0.15, 0.2) is 96.2 Å². The van der Waals surface area contributed by atoms with E-state index >= 15 is 0 Å². The van der Waals surface area contributed by atoms with Gasteiger partial charge in [0.25, 0.3) is 21.6 Å². The second-order valence-electron chi connectivity index (χ2n) is 12.0. The smallest absolute Gasteiger partial charge is 0.270 e. The van der Waals surface area contributed by atoms with Crippen LogP contribution in [0.25, 0.3) is 11.0 Å². The molecule has 2 aromatic heterocycles. The van der Waals surface area contributed by atoms with Gasteiger partial charge < -0.3 is 14.6 Å². The summed E-state index contributed by atoms with van der Waals surface area (Å²) in [7, 11) is -4.44. The van der Waals surface area contributed by atoms with Gasteiger partial charge in [0.2, 0.25) is 0 Å². The van der Waals surface area contributed by atoms with Crippen LogP contribution in [0.4, 0.5) is 11.4 Å². The quantitative estimate of drug-likeness (QED) is 0.116. The van der Waals surface area contributed by atoms with Gasteiger partial charge in [0.05, 0.1) is 21.6 Å². The second-order valence-corrected chi connectivity index (χ2v) is 13.7. The summed E-state index contributed by atoms with van der Waals surface area (Å²) in [5.74, 6) is -0.418. The summed E-state index contributed by atoms with van der Waals surface area (Å²) in [6.45, 7) is 3.27. The summed E-state index contributed by atoms with van der Waals surface area (Å²) in [5.41, 5.74) is 3.96. The van der Waals surface area contributed by atoms with Gasteiger partial charge in [-0.3, -0.25) is 19.8 Å². The van der Waals surface area contributed by atoms with Gasteiger partial charge in [-0.05, 0) is 60.7 Å². The molecular weight excluding hydrogens is 632 g/mol. The molecule has 2 N–H and O–H groups in total. The number of carbonyl (C=O) groups excluding carboxylic acids is 1. The van der Waals surface area contributed by atoms with E-state index < -0.39 is 31.4 Å². The number of non-ortho nitro benzene ring substituents is 1. The van der Waals surface area contributed by atoms with Gasteiger partial charge in [-0.25, -0.2) is 18.1 Å². The summed E-state index contributed by atoms with van der Waals surface area (Å²) in [4.78, 5) is 35.9. The van der Waals surface area contributed by atoms with Crippen LogP contribution in [0.2, 0.25) is 0 Å². The third-order valence-electron chi connectivity index (χ3n) is 9.09. The maximum Gasteiger partial charge on any atom is 0.270 e. The average Bonchev–Trinajstić information content (AvgIpc) is 3.46. The lowest BCUT2D eigenvalue weighted by molar-refractivity contribution is -0.385. The number of hydrogen-bond acceptors (Lipinski definition) is 9. The van der Waals surface area contributed by atoms with Gasteiger partial charge in [-0.15, -0.1) is 0 Å². The Morgan fingerprint density at radius 2 is 1.81 bits per heavy atom. The number of nitrogens with one attached hydrogen (secondary N) is 2. The summed E-state index contributed by atoms with van der Waals surface area (Å²) in [5, 5.41) is 12.0. The largest absolute Gasteiger partial charge is 0.455 e. The Hall–Kier alpha value is -5.27. The molecule has 5 aromatic rings. The van der Waals surface area contributed by atoms with Crippen LogP contribution >= 0.6 is 0 Å². The number of sulfonamides is 1. The molecule has 7 rings (SSSR count). The number of aromatic amines is 1. The molecule has 0 radical (unpaired) electrons. The fourth-order valence-corrected chi connectivity index (χ4v) is 7.65. The Kier molecular flexibility index (Phi) is 8.54. The topological polar surface area (TPSA) is 151 Å². The molecule has 1 fully saturated rings. The number of anilines is 1. The molecule has 0 spiro atoms. The predicted octanol–water partition coefficient (Wildman–Crippen LogP) is 5.97. The molecule has 13 heteroatoms. The van der Waals surface area contributed by atoms with E-state index in [1.165, 1.54) is 48.4 Å². The van der Waals surface area contributed by atoms with Crippen LogP contribution < -0.4 is 14.4 Å². The fraction of sp³-hybridized carbons (Fsp3) is 0.257. The Morgan fingerprint density at radius 3 is 2.65 bits per heavy atom. The minimum Gasteiger partial charge on any atom is -0.455 e. The van der Waals surface area contributed by atoms with E-state index in [1.807, 2.05) is 6.07 Å². The van der Waals surface area contributed by atoms with Gasteiger partial charge in [-0.1, -0.05) is 36.8 Å². The predicted molar refractivity (Wildman–Crippen MR) is 181 cm³/mol. The van der Waals surface area contributed by atoms with Crippen molar-refractivity contribution in [2.45, 2.75) is 36.6 Å². The number of aromatic nitrogens is 2. The second kappa shape index (κ2) is 13.1. The van der Waals surface area contributed by atoms with Crippen LogP contribution in [0.3, 0.4) is 0 Å². The lowest BCUT2D eigenvalue weighted by Crippen LogP contribution is -2.47. The zero-order valence-electron chi connectivity index (χ0n) is 26.0. The molecule has 12 nitrogen and oxygen atoms in total. The molecule has 1 aliphatic heterocycles. The first-order chi connectivity index (χ1) is 23.2. The highest BCUT2D eigenvalue weighted by Gasteiger charge is 2.29. The number of carbonyl (C=O) groups is 1. The average molecular weight is 667 g/mol. The van der Waals surface area contributed by atoms with E-state index in [2.05, 4.69) is 48.8 Å². The van der Waals surface area contributed by atoms with Crippen LogP contribution in [-0.2, 0) is 16.4 Å². The number of nitrogens with zero attached hydrogens (tertiary/aromatic N) is 4. The van der Waals surface area contributed by atoms with Crippen molar-refractivity contribution < 1.29 is 22.9 Å². The number of nitro benzene ring substituents is 1. The third kappa shape index (κ3) is 6.46. The molecule has 2 aliphatic rings. The van der Waals surface area contributed by atoms with Crippen LogP contribution in [0.1, 0.15) is 46.8 Å². The first kappa shape index (κ1) is 31.3. The fourth-order valence-electron chi connectivity index (χ4n) is 6.65. The molecule has 0 bridgehead atoms. The van der Waals surface area contributed by atoms with E-state index in [1.54, 1.807) is 30.5 Å². The Morgan fingerprint density at radius 1 is 0.979 bits per heavy atom. The van der Waals surface area contributed by atoms with Crippen molar-refractivity contribution >= 4 is 38.3 Å². The minimum atomic E-state index is -4.44. The summed E-state index contributed by atoms with van der Waals surface area (Å²) in [6, 6.07) is 22.4. The number of nitro groups is 1. The summed E-state index contributed by atoms with van der Waals surface area (Å²) in [6.07, 6.45) is 7.94. The number of piperazine rings is 1. The maximum atomic E-state index is 13.5. The number of hydrogen-bond donors (Lipinski definition) is 2. The van der Waals surface area contributed by atoms with Gasteiger partial charge in [0.15, 0.2) is 0 Å². The van der Waals surface area contributed by atoms with Crippen molar-refractivity contribution in [3.05, 3.63) is 118 Å². The summed E-state index contributed by atoms with van der Waals surface area (Å²) < 4.78 is 34.5. The zero-order valence-corrected chi connectivity index (χ0v) is 26.9. The lowest BCUT2D eigenvalue weighted by atomic mass is 9.97. The maximum absolute atomic E-state index is 13.5. The van der Waals surface area contributed by atoms with Crippen LogP contribution in [-0.4, -0.2) is 60.3 Å². The molecule has 1 atom stereocenters. The van der Waals surface area contributed by atoms with Crippen molar-refractivity contribution in [1.29, 1.82) is 0 Å². The van der Waals surface area contributed by atoms with Gasteiger partial charge in [-0.2, -0.15) is 0 Å². The summed E-state index contributed by atoms with van der Waals surface area (Å²) >= 11 is 0. The normalized spacial score (nSPS) is 17.0. The molecule has 3 aromatic carbocycles. The third-order valence-corrected chi connectivity index (χ3v) is 10.4. The Labute approximate surface area is 277 Å². The first-order valence-corrected chi connectivity index (χ1v) is 17.4. The number of amides is 1. The van der Waals surface area contributed by atoms with E-state index in [9.17, 15) is 23.3 Å². The van der Waals surface area contributed by atoms with E-state index in [4.69, 9.17) is 4.74 Å². The molecule has 1 aliphatic carbocycles. The number of ether oxygens (including phenoxy) is 1. The zero-order chi connectivity index (χ0) is 33.3. The van der Waals surface area contributed by atoms with Gasteiger partial charge >= 0.3 is 0 Å². The number of rotatable bonds is 8. The lowest BCUT2D eigenvalue weighted by Gasteiger charge is -2.40. The van der Waals surface area contributed by atoms with E-state index in [0.717, 1.165) is 56.2 Å². The van der Waals surface area contributed by atoms with Crippen molar-refractivity contribution in [3.8, 4) is 11.5 Å². The minimum absolute atomic E-state index is 0.0179. The Balaban J connectivity index is 1.14.